The summed E-state index contributed by atoms with van der Waals surface area (Å²) in [4.78, 5) is 0. The molecule has 0 heterocycles. The van der Waals surface area contributed by atoms with Crippen LogP contribution in [0.3, 0.4) is 0 Å². The van der Waals surface area contributed by atoms with Crippen molar-refractivity contribution in [1.82, 2.24) is 0 Å². The van der Waals surface area contributed by atoms with Crippen LogP contribution in [0.25, 0.3) is 0 Å². The first-order valence-corrected chi connectivity index (χ1v) is 5.74. The number of rotatable bonds is 3. The van der Waals surface area contributed by atoms with Gasteiger partial charge in [0.2, 0.25) is 0 Å². The van der Waals surface area contributed by atoms with E-state index in [1.54, 1.807) is 0 Å². The molecule has 0 radical (unpaired) electrons. The molecule has 14 heavy (non-hydrogen) atoms. The van der Waals surface area contributed by atoms with E-state index in [1.807, 2.05) is 25.1 Å². The van der Waals surface area contributed by atoms with Gasteiger partial charge in [0.1, 0.15) is 0 Å². The predicted octanol–water partition coefficient (Wildman–Crippen LogP) is 3.84. The Morgan fingerprint density at radius 2 is 2.00 bits per heavy atom. The molecule has 1 rings (SSSR count). The fourth-order valence-electron chi connectivity index (χ4n) is 1.54. The van der Waals surface area contributed by atoms with Crippen LogP contribution in [-0.4, -0.2) is 5.11 Å². The van der Waals surface area contributed by atoms with Gasteiger partial charge in [-0.25, -0.2) is 0 Å². The molecular weight excluding hydrogens is 240 g/mol. The van der Waals surface area contributed by atoms with E-state index in [4.69, 9.17) is 0 Å². The molecule has 1 aromatic rings. The van der Waals surface area contributed by atoms with E-state index >= 15 is 0 Å². The number of benzene rings is 1. The van der Waals surface area contributed by atoms with Crippen molar-refractivity contribution in [2.75, 3.05) is 0 Å². The maximum atomic E-state index is 9.98. The van der Waals surface area contributed by atoms with Gasteiger partial charge in [-0.1, -0.05) is 35.8 Å². The topological polar surface area (TPSA) is 20.2 Å². The summed E-state index contributed by atoms with van der Waals surface area (Å²) < 4.78 is 1.03. The molecule has 2 heteroatoms. The van der Waals surface area contributed by atoms with Gasteiger partial charge < -0.3 is 5.11 Å². The Hall–Kier alpha value is -0.340. The lowest BCUT2D eigenvalue weighted by atomic mass is 9.96. The summed E-state index contributed by atoms with van der Waals surface area (Å²) in [5.41, 5.74) is 2.19. The van der Waals surface area contributed by atoms with Gasteiger partial charge in [0.05, 0.1) is 6.10 Å². The Morgan fingerprint density at radius 3 is 2.57 bits per heavy atom. The van der Waals surface area contributed by atoms with Gasteiger partial charge in [-0.3, -0.25) is 0 Å². The van der Waals surface area contributed by atoms with Crippen LogP contribution >= 0.6 is 15.9 Å². The highest BCUT2D eigenvalue weighted by atomic mass is 79.9. The molecule has 1 nitrogen and oxygen atoms in total. The van der Waals surface area contributed by atoms with Crippen molar-refractivity contribution in [3.8, 4) is 0 Å². The first-order chi connectivity index (χ1) is 6.50. The van der Waals surface area contributed by atoms with Crippen LogP contribution in [0.1, 0.15) is 37.5 Å². The molecule has 1 aromatic carbocycles. The Morgan fingerprint density at radius 1 is 1.36 bits per heavy atom. The maximum absolute atomic E-state index is 9.98. The quantitative estimate of drug-likeness (QED) is 0.872. The monoisotopic (exact) mass is 256 g/mol. The third-order valence-corrected chi connectivity index (χ3v) is 2.79. The third kappa shape index (κ3) is 3.10. The minimum atomic E-state index is -0.340. The summed E-state index contributed by atoms with van der Waals surface area (Å²) >= 11 is 3.42. The lowest BCUT2D eigenvalue weighted by molar-refractivity contribution is 0.150. The highest BCUT2D eigenvalue weighted by Crippen LogP contribution is 2.26. The van der Waals surface area contributed by atoms with E-state index in [1.165, 1.54) is 0 Å². The Labute approximate surface area is 94.3 Å². The van der Waals surface area contributed by atoms with Crippen LogP contribution in [-0.2, 0) is 0 Å². The summed E-state index contributed by atoms with van der Waals surface area (Å²) in [7, 11) is 0. The standard InChI is InChI=1S/C12H17BrO/c1-8(2)6-12(14)11-7-10(13)5-4-9(11)3/h4-5,7-8,12,14H,6H2,1-3H3. The zero-order valence-electron chi connectivity index (χ0n) is 8.92. The van der Waals surface area contributed by atoms with E-state index in [9.17, 15) is 5.11 Å². The van der Waals surface area contributed by atoms with E-state index in [0.717, 1.165) is 22.0 Å². The number of aliphatic hydroxyl groups excluding tert-OH is 1. The SMILES string of the molecule is Cc1ccc(Br)cc1C(O)CC(C)C. The Balaban J connectivity index is 2.88. The van der Waals surface area contributed by atoms with Crippen LogP contribution in [0.2, 0.25) is 0 Å². The van der Waals surface area contributed by atoms with Gasteiger partial charge in [0.25, 0.3) is 0 Å². The molecule has 0 aliphatic rings. The molecule has 0 aromatic heterocycles. The zero-order chi connectivity index (χ0) is 10.7. The van der Waals surface area contributed by atoms with E-state index in [2.05, 4.69) is 29.8 Å². The van der Waals surface area contributed by atoms with E-state index in [-0.39, 0.29) is 6.10 Å². The Kier molecular flexibility index (Phi) is 4.14. The lowest BCUT2D eigenvalue weighted by Gasteiger charge is -2.16. The molecule has 0 spiro atoms. The van der Waals surface area contributed by atoms with Crippen molar-refractivity contribution in [3.63, 3.8) is 0 Å². The molecule has 0 saturated carbocycles. The van der Waals surface area contributed by atoms with Crippen LogP contribution in [0.5, 0.6) is 0 Å². The minimum absolute atomic E-state index is 0.340. The molecule has 0 aliphatic heterocycles. The molecule has 0 aliphatic carbocycles. The normalized spacial score (nSPS) is 13.3. The van der Waals surface area contributed by atoms with Crippen molar-refractivity contribution in [2.24, 2.45) is 5.92 Å². The van der Waals surface area contributed by atoms with Crippen molar-refractivity contribution in [2.45, 2.75) is 33.3 Å². The number of aliphatic hydroxyl groups is 1. The van der Waals surface area contributed by atoms with Crippen LogP contribution in [0.15, 0.2) is 22.7 Å². The van der Waals surface area contributed by atoms with Gasteiger partial charge in [-0.05, 0) is 42.5 Å². The number of aryl methyl sites for hydroxylation is 1. The fourth-order valence-corrected chi connectivity index (χ4v) is 1.92. The molecule has 0 saturated heterocycles. The van der Waals surface area contributed by atoms with E-state index < -0.39 is 0 Å². The van der Waals surface area contributed by atoms with Gasteiger partial charge >= 0.3 is 0 Å². The van der Waals surface area contributed by atoms with Gasteiger partial charge in [0.15, 0.2) is 0 Å². The molecule has 1 unspecified atom stereocenters. The highest BCUT2D eigenvalue weighted by molar-refractivity contribution is 9.10. The fraction of sp³-hybridized carbons (Fsp3) is 0.500. The minimum Gasteiger partial charge on any atom is -0.388 e. The third-order valence-electron chi connectivity index (χ3n) is 2.29. The van der Waals surface area contributed by atoms with E-state index in [0.29, 0.717) is 5.92 Å². The van der Waals surface area contributed by atoms with Gasteiger partial charge in [-0.15, -0.1) is 0 Å². The van der Waals surface area contributed by atoms with Crippen LogP contribution in [0, 0.1) is 12.8 Å². The van der Waals surface area contributed by atoms with Gasteiger partial charge in [-0.2, -0.15) is 0 Å². The molecule has 1 atom stereocenters. The summed E-state index contributed by atoms with van der Waals surface area (Å²) in [6.07, 6.45) is 0.476. The summed E-state index contributed by atoms with van der Waals surface area (Å²) in [6.45, 7) is 6.28. The first-order valence-electron chi connectivity index (χ1n) is 4.95. The molecule has 1 N–H and O–H groups in total. The second kappa shape index (κ2) is 4.94. The smallest absolute Gasteiger partial charge is 0.0795 e. The zero-order valence-corrected chi connectivity index (χ0v) is 10.5. The van der Waals surface area contributed by atoms with Crippen molar-refractivity contribution < 1.29 is 5.11 Å². The van der Waals surface area contributed by atoms with Crippen LogP contribution < -0.4 is 0 Å². The average Bonchev–Trinajstić information content (AvgIpc) is 2.08. The van der Waals surface area contributed by atoms with Crippen molar-refractivity contribution in [1.29, 1.82) is 0 Å². The summed E-state index contributed by atoms with van der Waals surface area (Å²) in [5.74, 6) is 0.517. The molecule has 78 valence electrons. The van der Waals surface area contributed by atoms with Crippen molar-refractivity contribution in [3.05, 3.63) is 33.8 Å². The second-order valence-corrected chi connectivity index (χ2v) is 5.06. The maximum Gasteiger partial charge on any atom is 0.0795 e. The molecule has 0 fully saturated rings. The lowest BCUT2D eigenvalue weighted by Crippen LogP contribution is -2.03. The molecule has 0 amide bonds. The summed E-state index contributed by atoms with van der Waals surface area (Å²) in [5, 5.41) is 9.98. The number of halogens is 1. The van der Waals surface area contributed by atoms with Crippen molar-refractivity contribution >= 4 is 15.9 Å². The first kappa shape index (κ1) is 11.7. The Bertz CT molecular complexity index is 307. The van der Waals surface area contributed by atoms with Crippen LogP contribution in [0.4, 0.5) is 0 Å². The largest absolute Gasteiger partial charge is 0.388 e. The van der Waals surface area contributed by atoms with Gasteiger partial charge in [0, 0.05) is 4.47 Å². The molecular formula is C12H17BrO. The number of hydrogen-bond acceptors (Lipinski definition) is 1. The second-order valence-electron chi connectivity index (χ2n) is 4.15. The average molecular weight is 257 g/mol. The predicted molar refractivity (Wildman–Crippen MR) is 63.3 cm³/mol. The summed E-state index contributed by atoms with van der Waals surface area (Å²) in [6, 6.07) is 6.03. The number of hydrogen-bond donors (Lipinski definition) is 1. The highest BCUT2D eigenvalue weighted by Gasteiger charge is 2.12. The molecule has 0 bridgehead atoms.